The summed E-state index contributed by atoms with van der Waals surface area (Å²) in [7, 11) is 1.53. The molecule has 0 radical (unpaired) electrons. The van der Waals surface area contributed by atoms with Crippen LogP contribution in [0, 0.1) is 0 Å². The van der Waals surface area contributed by atoms with Crippen molar-refractivity contribution in [3.05, 3.63) is 58.5 Å². The second kappa shape index (κ2) is 7.12. The van der Waals surface area contributed by atoms with E-state index in [9.17, 15) is 14.4 Å². The Morgan fingerprint density at radius 1 is 1.17 bits per heavy atom. The first kappa shape index (κ1) is 16.1. The Kier molecular flexibility index (Phi) is 4.98. The molecule has 2 N–H and O–H groups in total. The Bertz CT molecular complexity index is 766. The van der Waals surface area contributed by atoms with Gasteiger partial charge in [-0.2, -0.15) is 4.73 Å². The number of aromatic carboxylic acids is 1. The third-order valence-corrected chi connectivity index (χ3v) is 2.83. The molecule has 0 aliphatic heterocycles. The molecule has 1 amide bonds. The lowest BCUT2D eigenvalue weighted by molar-refractivity contribution is -0.120. The Morgan fingerprint density at radius 3 is 2.48 bits per heavy atom. The zero-order chi connectivity index (χ0) is 16.8. The lowest BCUT2D eigenvalue weighted by atomic mass is 10.3. The number of nitrogens with zero attached hydrogens (tertiary/aromatic N) is 1. The average molecular weight is 318 g/mol. The van der Waals surface area contributed by atoms with Crippen LogP contribution in [-0.2, 0) is 4.79 Å². The van der Waals surface area contributed by atoms with Gasteiger partial charge < -0.3 is 20.0 Å². The van der Waals surface area contributed by atoms with Crippen LogP contribution in [0.1, 0.15) is 10.4 Å². The number of carboxylic acids is 1. The minimum atomic E-state index is -1.20. The number of hydrogen-bond acceptors (Lipinski definition) is 5. The summed E-state index contributed by atoms with van der Waals surface area (Å²) in [5.41, 5.74) is -0.168. The third kappa shape index (κ3) is 4.34. The Hall–Kier alpha value is -3.29. The highest BCUT2D eigenvalue weighted by Gasteiger charge is 2.08. The quantitative estimate of drug-likeness (QED) is 0.808. The van der Waals surface area contributed by atoms with Gasteiger partial charge in [0, 0.05) is 11.8 Å². The van der Waals surface area contributed by atoms with E-state index < -0.39 is 24.0 Å². The number of pyridine rings is 1. The number of carbonyl (C=O) groups is 2. The number of aromatic nitrogens is 1. The smallest absolute Gasteiger partial charge is 0.337 e. The summed E-state index contributed by atoms with van der Waals surface area (Å²) in [6, 6.07) is 8.85. The second-order valence-electron chi connectivity index (χ2n) is 4.44. The first-order valence-electron chi connectivity index (χ1n) is 6.53. The molecule has 2 rings (SSSR count). The molecular formula is C15H14N2O6. The molecule has 0 atom stereocenters. The van der Waals surface area contributed by atoms with Crippen LogP contribution in [0.5, 0.6) is 5.75 Å². The van der Waals surface area contributed by atoms with Crippen molar-refractivity contribution in [1.82, 2.24) is 4.73 Å². The molecule has 1 heterocycles. The molecule has 23 heavy (non-hydrogen) atoms. The zero-order valence-electron chi connectivity index (χ0n) is 12.2. The first-order valence-corrected chi connectivity index (χ1v) is 6.53. The maximum Gasteiger partial charge on any atom is 0.337 e. The van der Waals surface area contributed by atoms with Gasteiger partial charge in [-0.05, 0) is 30.3 Å². The SMILES string of the molecule is COc1ccc(NC(=O)COn2cc(C(=O)O)ccc2=O)cc1. The van der Waals surface area contributed by atoms with Crippen LogP contribution in [-0.4, -0.2) is 35.4 Å². The normalized spacial score (nSPS) is 9.96. The summed E-state index contributed by atoms with van der Waals surface area (Å²) in [6.45, 7) is -0.449. The van der Waals surface area contributed by atoms with Crippen molar-refractivity contribution in [1.29, 1.82) is 0 Å². The fraction of sp³-hybridized carbons (Fsp3) is 0.133. The van der Waals surface area contributed by atoms with Crippen molar-refractivity contribution in [2.45, 2.75) is 0 Å². The van der Waals surface area contributed by atoms with Crippen molar-refractivity contribution in [2.24, 2.45) is 0 Å². The fourth-order valence-electron chi connectivity index (χ4n) is 1.69. The van der Waals surface area contributed by atoms with Crippen molar-refractivity contribution >= 4 is 17.6 Å². The van der Waals surface area contributed by atoms with Gasteiger partial charge in [0.15, 0.2) is 6.61 Å². The number of carbonyl (C=O) groups excluding carboxylic acids is 1. The maximum atomic E-state index is 11.8. The van der Waals surface area contributed by atoms with E-state index in [0.29, 0.717) is 16.2 Å². The molecule has 0 saturated carbocycles. The topological polar surface area (TPSA) is 107 Å². The molecule has 0 bridgehead atoms. The predicted octanol–water partition coefficient (Wildman–Crippen LogP) is 0.622. The summed E-state index contributed by atoms with van der Waals surface area (Å²) in [5, 5.41) is 11.4. The van der Waals surface area contributed by atoms with Gasteiger partial charge >= 0.3 is 5.97 Å². The van der Waals surface area contributed by atoms with Crippen LogP contribution in [0.4, 0.5) is 5.69 Å². The lowest BCUT2D eigenvalue weighted by Gasteiger charge is -2.09. The highest BCUT2D eigenvalue weighted by Crippen LogP contribution is 2.14. The van der Waals surface area contributed by atoms with Crippen molar-refractivity contribution in [2.75, 3.05) is 19.0 Å². The van der Waals surface area contributed by atoms with Crippen LogP contribution in [0.2, 0.25) is 0 Å². The summed E-state index contributed by atoms with van der Waals surface area (Å²) in [5.74, 6) is -1.05. The molecular weight excluding hydrogens is 304 g/mol. The van der Waals surface area contributed by atoms with Gasteiger partial charge in [0.05, 0.1) is 18.9 Å². The highest BCUT2D eigenvalue weighted by atomic mass is 16.7. The van der Waals surface area contributed by atoms with Crippen LogP contribution in [0.25, 0.3) is 0 Å². The standard InChI is InChI=1S/C15H14N2O6/c1-22-12-5-3-11(4-6-12)16-13(18)9-23-17-8-10(15(20)21)2-7-14(17)19/h2-8H,9H2,1H3,(H,16,18)(H,20,21). The molecule has 1 aromatic carbocycles. The summed E-state index contributed by atoms with van der Waals surface area (Å²) in [4.78, 5) is 39.2. The number of nitrogens with one attached hydrogen (secondary N) is 1. The first-order chi connectivity index (χ1) is 11.0. The second-order valence-corrected chi connectivity index (χ2v) is 4.44. The van der Waals surface area contributed by atoms with E-state index >= 15 is 0 Å². The number of hydrogen-bond donors (Lipinski definition) is 2. The molecule has 1 aromatic heterocycles. The van der Waals surface area contributed by atoms with E-state index in [4.69, 9.17) is 14.7 Å². The van der Waals surface area contributed by atoms with Crippen LogP contribution in [0.3, 0.4) is 0 Å². The molecule has 0 spiro atoms. The number of anilines is 1. The number of ether oxygens (including phenoxy) is 1. The number of benzene rings is 1. The molecule has 8 nitrogen and oxygen atoms in total. The number of amides is 1. The number of carboxylic acid groups (broad SMARTS) is 1. The van der Waals surface area contributed by atoms with Gasteiger partial charge in [0.25, 0.3) is 11.5 Å². The highest BCUT2D eigenvalue weighted by molar-refractivity contribution is 5.91. The van der Waals surface area contributed by atoms with E-state index in [2.05, 4.69) is 5.32 Å². The molecule has 0 unspecified atom stereocenters. The Morgan fingerprint density at radius 2 is 1.87 bits per heavy atom. The van der Waals surface area contributed by atoms with Crippen molar-refractivity contribution < 1.29 is 24.3 Å². The lowest BCUT2D eigenvalue weighted by Crippen LogP contribution is -2.32. The predicted molar refractivity (Wildman–Crippen MR) is 80.7 cm³/mol. The van der Waals surface area contributed by atoms with E-state index in [1.54, 1.807) is 24.3 Å². The zero-order valence-corrected chi connectivity index (χ0v) is 12.2. The van der Waals surface area contributed by atoms with Gasteiger partial charge in [-0.1, -0.05) is 0 Å². The van der Waals surface area contributed by atoms with E-state index in [1.165, 1.54) is 7.11 Å². The molecule has 2 aromatic rings. The average Bonchev–Trinajstić information content (AvgIpc) is 2.54. The Labute approximate surface area is 130 Å². The van der Waals surface area contributed by atoms with Gasteiger partial charge in [0.1, 0.15) is 5.75 Å². The van der Waals surface area contributed by atoms with Gasteiger partial charge in [0.2, 0.25) is 0 Å². The van der Waals surface area contributed by atoms with Crippen molar-refractivity contribution in [3.8, 4) is 5.75 Å². The summed E-state index contributed by atoms with van der Waals surface area (Å²) >= 11 is 0. The van der Waals surface area contributed by atoms with E-state index in [-0.39, 0.29) is 5.56 Å². The molecule has 120 valence electrons. The molecule has 0 aliphatic carbocycles. The van der Waals surface area contributed by atoms with E-state index in [0.717, 1.165) is 18.3 Å². The molecule has 0 fully saturated rings. The minimum absolute atomic E-state index is 0.125. The third-order valence-electron chi connectivity index (χ3n) is 2.83. The maximum absolute atomic E-state index is 11.8. The monoisotopic (exact) mass is 318 g/mol. The van der Waals surface area contributed by atoms with Gasteiger partial charge in [-0.15, -0.1) is 0 Å². The number of rotatable bonds is 6. The summed E-state index contributed by atoms with van der Waals surface area (Å²) in [6.07, 6.45) is 1.01. The molecule has 0 aliphatic rings. The van der Waals surface area contributed by atoms with Gasteiger partial charge in [-0.3, -0.25) is 9.59 Å². The summed E-state index contributed by atoms with van der Waals surface area (Å²) < 4.78 is 5.71. The largest absolute Gasteiger partial charge is 0.497 e. The minimum Gasteiger partial charge on any atom is -0.497 e. The fourth-order valence-corrected chi connectivity index (χ4v) is 1.69. The number of methoxy groups -OCH3 is 1. The molecule has 0 saturated heterocycles. The van der Waals surface area contributed by atoms with Crippen molar-refractivity contribution in [3.63, 3.8) is 0 Å². The van der Waals surface area contributed by atoms with Gasteiger partial charge in [-0.25, -0.2) is 4.79 Å². The molecule has 8 heteroatoms. The Balaban J connectivity index is 1.97. The van der Waals surface area contributed by atoms with E-state index in [1.807, 2.05) is 0 Å². The van der Waals surface area contributed by atoms with Crippen LogP contribution in [0.15, 0.2) is 47.4 Å². The van der Waals surface area contributed by atoms with Crippen LogP contribution >= 0.6 is 0 Å². The van der Waals surface area contributed by atoms with Crippen LogP contribution < -0.4 is 20.5 Å².